The molecule has 1 aromatic carbocycles. The van der Waals surface area contributed by atoms with Crippen LogP contribution in [-0.2, 0) is 6.18 Å². The van der Waals surface area contributed by atoms with E-state index >= 15 is 0 Å². The number of hydrogen-bond donors (Lipinski definition) is 1. The summed E-state index contributed by atoms with van der Waals surface area (Å²) in [6.07, 6.45) is -4.65. The highest BCUT2D eigenvalue weighted by Gasteiger charge is 2.38. The molecular formula is C12H9F3N4O2. The summed E-state index contributed by atoms with van der Waals surface area (Å²) < 4.78 is 45.1. The van der Waals surface area contributed by atoms with Gasteiger partial charge in [0, 0.05) is 0 Å². The van der Waals surface area contributed by atoms with Crippen molar-refractivity contribution in [3.8, 4) is 5.88 Å². The second-order valence-electron chi connectivity index (χ2n) is 4.16. The molecule has 0 aliphatic heterocycles. The summed E-state index contributed by atoms with van der Waals surface area (Å²) in [5, 5.41) is 15.5. The number of halogens is 3. The van der Waals surface area contributed by atoms with Gasteiger partial charge in [-0.1, -0.05) is 12.1 Å². The van der Waals surface area contributed by atoms with E-state index in [1.54, 1.807) is 18.2 Å². The topological polar surface area (TPSA) is 72.5 Å². The average Bonchev–Trinajstić information content (AvgIpc) is 2.90. The van der Waals surface area contributed by atoms with Crippen molar-refractivity contribution in [2.24, 2.45) is 0 Å². The lowest BCUT2D eigenvalue weighted by molar-refractivity contribution is -0.145. The zero-order valence-corrected chi connectivity index (χ0v) is 10.5. The van der Waals surface area contributed by atoms with Gasteiger partial charge in [0.25, 0.3) is 5.88 Å². The minimum Gasteiger partial charge on any atom is -0.473 e. The number of ether oxygens (including phenoxy) is 1. The maximum atomic E-state index is 13.0. The summed E-state index contributed by atoms with van der Waals surface area (Å²) >= 11 is 0. The third-order valence-electron chi connectivity index (χ3n) is 2.78. The third-order valence-corrected chi connectivity index (χ3v) is 2.78. The maximum Gasteiger partial charge on any atom is 0.452 e. The van der Waals surface area contributed by atoms with Crippen molar-refractivity contribution in [2.45, 2.75) is 6.18 Å². The number of alkyl halides is 3. The van der Waals surface area contributed by atoms with Crippen LogP contribution in [0.15, 0.2) is 24.3 Å². The molecule has 0 radical (unpaired) electrons. The SMILES string of the molecule is OCCOc1nc2ccccc2n2c(C(F)(F)F)nnc12. The van der Waals surface area contributed by atoms with E-state index in [4.69, 9.17) is 9.84 Å². The van der Waals surface area contributed by atoms with Crippen LogP contribution < -0.4 is 4.74 Å². The molecule has 0 fully saturated rings. The van der Waals surface area contributed by atoms with Gasteiger partial charge in [-0.15, -0.1) is 10.2 Å². The standard InChI is InChI=1S/C12H9F3N4O2/c13-12(14,15)11-18-17-9-10(21-6-5-20)16-7-3-1-2-4-8(7)19(9)11/h1-4,20H,5-6H2. The van der Waals surface area contributed by atoms with Gasteiger partial charge in [0.2, 0.25) is 11.5 Å². The number of hydrogen-bond acceptors (Lipinski definition) is 5. The van der Waals surface area contributed by atoms with Gasteiger partial charge in [0.15, 0.2) is 0 Å². The Morgan fingerprint density at radius 2 is 1.95 bits per heavy atom. The van der Waals surface area contributed by atoms with E-state index in [2.05, 4.69) is 15.2 Å². The van der Waals surface area contributed by atoms with Crippen LogP contribution in [0.1, 0.15) is 5.82 Å². The predicted molar refractivity (Wildman–Crippen MR) is 65.9 cm³/mol. The fraction of sp³-hybridized carbons (Fsp3) is 0.250. The van der Waals surface area contributed by atoms with Crippen LogP contribution in [0.4, 0.5) is 13.2 Å². The molecule has 0 saturated carbocycles. The predicted octanol–water partition coefficient (Wildman–Crippen LogP) is 1.67. The minimum atomic E-state index is -4.65. The molecule has 0 bridgehead atoms. The van der Waals surface area contributed by atoms with Crippen LogP contribution in [0.25, 0.3) is 16.7 Å². The lowest BCUT2D eigenvalue weighted by Gasteiger charge is -2.10. The molecule has 0 aliphatic carbocycles. The van der Waals surface area contributed by atoms with E-state index in [0.717, 1.165) is 4.40 Å². The first-order chi connectivity index (χ1) is 10.0. The first-order valence-electron chi connectivity index (χ1n) is 5.97. The summed E-state index contributed by atoms with van der Waals surface area (Å²) in [7, 11) is 0. The average molecular weight is 298 g/mol. The van der Waals surface area contributed by atoms with E-state index in [1.807, 2.05) is 0 Å². The number of nitrogens with zero attached hydrogens (tertiary/aromatic N) is 4. The second-order valence-corrected chi connectivity index (χ2v) is 4.16. The summed E-state index contributed by atoms with van der Waals surface area (Å²) in [5.41, 5.74) is 0.388. The Balaban J connectivity index is 2.36. The number of fused-ring (bicyclic) bond motifs is 3. The highest BCUT2D eigenvalue weighted by atomic mass is 19.4. The zero-order chi connectivity index (χ0) is 15.0. The minimum absolute atomic E-state index is 0.102. The fourth-order valence-corrected chi connectivity index (χ4v) is 1.98. The van der Waals surface area contributed by atoms with Crippen LogP contribution in [0, 0.1) is 0 Å². The molecule has 6 nitrogen and oxygen atoms in total. The number of aliphatic hydroxyl groups excluding tert-OH is 1. The molecule has 0 atom stereocenters. The Bertz CT molecular complexity index is 800. The smallest absolute Gasteiger partial charge is 0.452 e. The van der Waals surface area contributed by atoms with Crippen LogP contribution in [-0.4, -0.2) is 37.9 Å². The van der Waals surface area contributed by atoms with Crippen molar-refractivity contribution >= 4 is 16.7 Å². The van der Waals surface area contributed by atoms with E-state index < -0.39 is 12.0 Å². The second kappa shape index (κ2) is 4.85. The largest absolute Gasteiger partial charge is 0.473 e. The van der Waals surface area contributed by atoms with Crippen molar-refractivity contribution in [2.75, 3.05) is 13.2 Å². The van der Waals surface area contributed by atoms with Gasteiger partial charge < -0.3 is 9.84 Å². The van der Waals surface area contributed by atoms with E-state index in [-0.39, 0.29) is 30.3 Å². The highest BCUT2D eigenvalue weighted by Crippen LogP contribution is 2.32. The number of benzene rings is 1. The molecule has 2 aromatic heterocycles. The van der Waals surface area contributed by atoms with Gasteiger partial charge in [-0.05, 0) is 12.1 Å². The van der Waals surface area contributed by atoms with Crippen LogP contribution in [0.2, 0.25) is 0 Å². The number of para-hydroxylation sites is 2. The molecule has 2 heterocycles. The summed E-state index contributed by atoms with van der Waals surface area (Å²) in [6, 6.07) is 6.29. The molecule has 3 rings (SSSR count). The molecular weight excluding hydrogens is 289 g/mol. The van der Waals surface area contributed by atoms with E-state index in [9.17, 15) is 13.2 Å². The van der Waals surface area contributed by atoms with Gasteiger partial charge in [-0.3, -0.25) is 4.40 Å². The quantitative estimate of drug-likeness (QED) is 0.796. The summed E-state index contributed by atoms with van der Waals surface area (Å²) in [5.74, 6) is -1.25. The number of rotatable bonds is 3. The Morgan fingerprint density at radius 3 is 2.67 bits per heavy atom. The summed E-state index contributed by atoms with van der Waals surface area (Å²) in [6.45, 7) is -0.393. The highest BCUT2D eigenvalue weighted by molar-refractivity contribution is 5.79. The molecule has 3 aromatic rings. The monoisotopic (exact) mass is 298 g/mol. The molecule has 1 N–H and O–H groups in total. The Kier molecular flexibility index (Phi) is 3.13. The molecule has 0 amide bonds. The number of aliphatic hydroxyl groups is 1. The lowest BCUT2D eigenvalue weighted by atomic mass is 10.3. The Labute approximate surface area is 115 Å². The van der Waals surface area contributed by atoms with Crippen molar-refractivity contribution in [3.63, 3.8) is 0 Å². The summed E-state index contributed by atoms with van der Waals surface area (Å²) in [4.78, 5) is 4.11. The van der Waals surface area contributed by atoms with Crippen LogP contribution >= 0.6 is 0 Å². The van der Waals surface area contributed by atoms with Crippen LogP contribution in [0.3, 0.4) is 0 Å². The molecule has 0 unspecified atom stereocenters. The van der Waals surface area contributed by atoms with E-state index in [1.165, 1.54) is 6.07 Å². The number of aromatic nitrogens is 4. The maximum absolute atomic E-state index is 13.0. The van der Waals surface area contributed by atoms with Gasteiger partial charge in [0.1, 0.15) is 6.61 Å². The zero-order valence-electron chi connectivity index (χ0n) is 10.5. The van der Waals surface area contributed by atoms with Crippen molar-refractivity contribution in [1.29, 1.82) is 0 Å². The molecule has 0 aliphatic rings. The Morgan fingerprint density at radius 1 is 1.19 bits per heavy atom. The third kappa shape index (κ3) is 2.25. The first-order valence-corrected chi connectivity index (χ1v) is 5.97. The van der Waals surface area contributed by atoms with Gasteiger partial charge >= 0.3 is 6.18 Å². The molecule has 0 saturated heterocycles. The van der Waals surface area contributed by atoms with Crippen molar-refractivity contribution < 1.29 is 23.0 Å². The molecule has 9 heteroatoms. The normalized spacial score (nSPS) is 12.2. The van der Waals surface area contributed by atoms with Gasteiger partial charge in [0.05, 0.1) is 17.6 Å². The molecule has 21 heavy (non-hydrogen) atoms. The van der Waals surface area contributed by atoms with Crippen molar-refractivity contribution in [1.82, 2.24) is 19.6 Å². The fourth-order valence-electron chi connectivity index (χ4n) is 1.98. The first kappa shape index (κ1) is 13.6. The van der Waals surface area contributed by atoms with Crippen molar-refractivity contribution in [3.05, 3.63) is 30.1 Å². The van der Waals surface area contributed by atoms with Gasteiger partial charge in [-0.2, -0.15) is 13.2 Å². The molecule has 0 spiro atoms. The van der Waals surface area contributed by atoms with Gasteiger partial charge in [-0.25, -0.2) is 4.98 Å². The Hall–Kier alpha value is -2.42. The lowest BCUT2D eigenvalue weighted by Crippen LogP contribution is -2.12. The molecule has 110 valence electrons. The van der Waals surface area contributed by atoms with Crippen LogP contribution in [0.5, 0.6) is 5.88 Å². The van der Waals surface area contributed by atoms with E-state index in [0.29, 0.717) is 5.52 Å².